The molecule has 0 aromatic heterocycles. The summed E-state index contributed by atoms with van der Waals surface area (Å²) in [5.41, 5.74) is -1.43. The van der Waals surface area contributed by atoms with Crippen molar-refractivity contribution in [2.45, 2.75) is 70.4 Å². The molecule has 1 aliphatic carbocycles. The summed E-state index contributed by atoms with van der Waals surface area (Å²) in [4.78, 5) is 22.5. The van der Waals surface area contributed by atoms with Gasteiger partial charge in [0.05, 0.1) is 12.0 Å². The summed E-state index contributed by atoms with van der Waals surface area (Å²) >= 11 is 0. The van der Waals surface area contributed by atoms with Crippen molar-refractivity contribution in [3.05, 3.63) is 0 Å². The van der Waals surface area contributed by atoms with Crippen LogP contribution in [0.3, 0.4) is 0 Å². The van der Waals surface area contributed by atoms with E-state index in [0.717, 1.165) is 19.3 Å². The molecule has 4 N–H and O–H groups in total. The number of rotatable bonds is 7. The predicted molar refractivity (Wildman–Crippen MR) is 80.1 cm³/mol. The van der Waals surface area contributed by atoms with Crippen molar-refractivity contribution >= 4 is 12.0 Å². The van der Waals surface area contributed by atoms with Gasteiger partial charge in [-0.3, -0.25) is 4.79 Å². The fourth-order valence-corrected chi connectivity index (χ4v) is 2.97. The molecule has 1 rings (SSSR count). The summed E-state index contributed by atoms with van der Waals surface area (Å²) in [6, 6.07) is -0.187. The number of nitrogens with one attached hydrogen (secondary N) is 2. The monoisotopic (exact) mass is 300 g/mol. The maximum Gasteiger partial charge on any atom is 0.315 e. The molecule has 1 aliphatic rings. The van der Waals surface area contributed by atoms with Crippen LogP contribution < -0.4 is 10.6 Å². The van der Waals surface area contributed by atoms with Crippen LogP contribution in [-0.2, 0) is 4.79 Å². The number of carboxylic acids is 1. The van der Waals surface area contributed by atoms with Gasteiger partial charge in [-0.25, -0.2) is 4.79 Å². The predicted octanol–water partition coefficient (Wildman–Crippen LogP) is 1.87. The van der Waals surface area contributed by atoms with Crippen LogP contribution in [0.2, 0.25) is 0 Å². The lowest BCUT2D eigenvalue weighted by atomic mass is 9.83. The molecule has 0 radical (unpaired) electrons. The van der Waals surface area contributed by atoms with E-state index >= 15 is 0 Å². The van der Waals surface area contributed by atoms with E-state index in [1.165, 1.54) is 26.2 Å². The van der Waals surface area contributed by atoms with Gasteiger partial charge in [0.15, 0.2) is 0 Å². The van der Waals surface area contributed by atoms with Crippen molar-refractivity contribution in [2.75, 3.05) is 6.54 Å². The maximum atomic E-state index is 11.9. The minimum Gasteiger partial charge on any atom is -0.481 e. The van der Waals surface area contributed by atoms with Gasteiger partial charge in [0.1, 0.15) is 0 Å². The summed E-state index contributed by atoms with van der Waals surface area (Å²) in [6.07, 6.45) is 6.49. The summed E-state index contributed by atoms with van der Waals surface area (Å²) in [5.74, 6) is -0.565. The Balaban J connectivity index is 2.38. The summed E-state index contributed by atoms with van der Waals surface area (Å²) < 4.78 is 0. The number of carbonyl (C=O) groups is 2. The Kier molecular flexibility index (Phi) is 6.95. The Morgan fingerprint density at radius 1 is 1.29 bits per heavy atom. The first-order valence-corrected chi connectivity index (χ1v) is 7.82. The molecule has 0 saturated heterocycles. The zero-order valence-electron chi connectivity index (χ0n) is 13.0. The van der Waals surface area contributed by atoms with Crippen LogP contribution in [0.15, 0.2) is 0 Å². The number of amides is 2. The molecule has 0 aromatic carbocycles. The largest absolute Gasteiger partial charge is 0.481 e. The second-order valence-corrected chi connectivity index (χ2v) is 6.31. The summed E-state index contributed by atoms with van der Waals surface area (Å²) in [5, 5.41) is 24.1. The molecule has 122 valence electrons. The molecule has 1 saturated carbocycles. The van der Waals surface area contributed by atoms with Crippen LogP contribution in [0, 0.1) is 5.92 Å². The average Bonchev–Trinajstić information content (AvgIpc) is 2.42. The summed E-state index contributed by atoms with van der Waals surface area (Å²) in [7, 11) is 0. The minimum atomic E-state index is -1.43. The Labute approximate surface area is 126 Å². The van der Waals surface area contributed by atoms with Crippen molar-refractivity contribution in [3.8, 4) is 0 Å². The lowest BCUT2D eigenvalue weighted by Crippen LogP contribution is -2.50. The number of urea groups is 1. The van der Waals surface area contributed by atoms with Crippen LogP contribution in [0.25, 0.3) is 0 Å². The van der Waals surface area contributed by atoms with Crippen LogP contribution in [-0.4, -0.2) is 40.4 Å². The third-order valence-electron chi connectivity index (χ3n) is 4.14. The number of carboxylic acid groups (broad SMARTS) is 1. The minimum absolute atomic E-state index is 0.0771. The van der Waals surface area contributed by atoms with Gasteiger partial charge in [-0.2, -0.15) is 0 Å². The highest BCUT2D eigenvalue weighted by atomic mass is 16.4. The van der Waals surface area contributed by atoms with E-state index in [1.54, 1.807) is 0 Å². The number of aliphatic carboxylic acids is 1. The maximum absolute atomic E-state index is 11.9. The van der Waals surface area contributed by atoms with E-state index < -0.39 is 18.0 Å². The second-order valence-electron chi connectivity index (χ2n) is 6.31. The van der Waals surface area contributed by atoms with Gasteiger partial charge in [-0.05, 0) is 32.1 Å². The first kappa shape index (κ1) is 17.8. The van der Waals surface area contributed by atoms with Crippen molar-refractivity contribution in [1.29, 1.82) is 0 Å². The molecule has 2 atom stereocenters. The van der Waals surface area contributed by atoms with Crippen molar-refractivity contribution in [3.63, 3.8) is 0 Å². The Morgan fingerprint density at radius 2 is 1.90 bits per heavy atom. The first-order chi connectivity index (χ1) is 9.84. The van der Waals surface area contributed by atoms with Crippen molar-refractivity contribution in [1.82, 2.24) is 10.6 Å². The van der Waals surface area contributed by atoms with Gasteiger partial charge >= 0.3 is 12.0 Å². The standard InChI is InChI=1S/C15H28N2O4/c1-3-12(11-7-5-4-6-8-11)17-14(20)16-10-15(2,21)9-13(18)19/h11-12,21H,3-10H2,1-2H3,(H,18,19)(H2,16,17,20). The van der Waals surface area contributed by atoms with E-state index in [9.17, 15) is 14.7 Å². The topological polar surface area (TPSA) is 98.7 Å². The highest BCUT2D eigenvalue weighted by Gasteiger charge is 2.27. The molecule has 21 heavy (non-hydrogen) atoms. The average molecular weight is 300 g/mol. The first-order valence-electron chi connectivity index (χ1n) is 7.82. The third kappa shape index (κ3) is 6.80. The molecule has 2 amide bonds. The third-order valence-corrected chi connectivity index (χ3v) is 4.14. The number of hydrogen-bond donors (Lipinski definition) is 4. The second kappa shape index (κ2) is 8.22. The fourth-order valence-electron chi connectivity index (χ4n) is 2.97. The molecule has 2 unspecified atom stereocenters. The van der Waals surface area contributed by atoms with Crippen LogP contribution in [0.5, 0.6) is 0 Å². The molecular formula is C15H28N2O4. The van der Waals surface area contributed by atoms with Gasteiger partial charge in [-0.1, -0.05) is 26.2 Å². The highest BCUT2D eigenvalue weighted by molar-refractivity contribution is 5.74. The lowest BCUT2D eigenvalue weighted by molar-refractivity contribution is -0.141. The molecule has 0 heterocycles. The number of aliphatic hydroxyl groups is 1. The van der Waals surface area contributed by atoms with Gasteiger partial charge in [-0.15, -0.1) is 0 Å². The van der Waals surface area contributed by atoms with E-state index in [-0.39, 0.29) is 18.6 Å². The quantitative estimate of drug-likeness (QED) is 0.577. The van der Waals surface area contributed by atoms with Crippen LogP contribution in [0.1, 0.15) is 58.8 Å². The van der Waals surface area contributed by atoms with Crippen LogP contribution >= 0.6 is 0 Å². The Hall–Kier alpha value is -1.30. The van der Waals surface area contributed by atoms with Crippen molar-refractivity contribution < 1.29 is 19.8 Å². The van der Waals surface area contributed by atoms with Gasteiger partial charge < -0.3 is 20.8 Å². The van der Waals surface area contributed by atoms with E-state index in [1.807, 2.05) is 0 Å². The Bertz CT molecular complexity index is 352. The van der Waals surface area contributed by atoms with Gasteiger partial charge in [0.25, 0.3) is 0 Å². The zero-order chi connectivity index (χ0) is 15.9. The number of hydrogen-bond acceptors (Lipinski definition) is 3. The van der Waals surface area contributed by atoms with E-state index in [0.29, 0.717) is 5.92 Å². The zero-order valence-corrected chi connectivity index (χ0v) is 13.0. The lowest BCUT2D eigenvalue weighted by Gasteiger charge is -2.30. The van der Waals surface area contributed by atoms with Crippen LogP contribution in [0.4, 0.5) is 4.79 Å². The molecule has 0 bridgehead atoms. The highest BCUT2D eigenvalue weighted by Crippen LogP contribution is 2.27. The van der Waals surface area contributed by atoms with E-state index in [2.05, 4.69) is 17.6 Å². The molecule has 6 heteroatoms. The molecule has 0 spiro atoms. The molecule has 6 nitrogen and oxygen atoms in total. The molecule has 0 aromatic rings. The smallest absolute Gasteiger partial charge is 0.315 e. The van der Waals surface area contributed by atoms with Crippen molar-refractivity contribution in [2.24, 2.45) is 5.92 Å². The van der Waals surface area contributed by atoms with Gasteiger partial charge in [0, 0.05) is 12.6 Å². The molecule has 0 aliphatic heterocycles. The molecular weight excluding hydrogens is 272 g/mol. The summed E-state index contributed by atoms with van der Waals surface area (Å²) in [6.45, 7) is 3.38. The SMILES string of the molecule is CCC(NC(=O)NCC(C)(O)CC(=O)O)C1CCCCC1. The Morgan fingerprint density at radius 3 is 2.43 bits per heavy atom. The fraction of sp³-hybridized carbons (Fsp3) is 0.867. The normalized spacial score (nSPS) is 20.3. The van der Waals surface area contributed by atoms with E-state index in [4.69, 9.17) is 5.11 Å². The van der Waals surface area contributed by atoms with Gasteiger partial charge in [0.2, 0.25) is 0 Å². The molecule has 1 fully saturated rings. The number of carbonyl (C=O) groups excluding carboxylic acids is 1.